The molecule has 1 saturated carbocycles. The Hall–Kier alpha value is -0.120. The zero-order chi connectivity index (χ0) is 16.6. The molecule has 0 aromatic heterocycles. The maximum absolute atomic E-state index is 6.12. The van der Waals surface area contributed by atoms with E-state index < -0.39 is 0 Å². The Balaban J connectivity index is 2.05. The van der Waals surface area contributed by atoms with Crippen LogP contribution in [0.5, 0.6) is 0 Å². The molecule has 0 saturated heterocycles. The summed E-state index contributed by atoms with van der Waals surface area (Å²) in [6.07, 6.45) is 10.7. The van der Waals surface area contributed by atoms with Gasteiger partial charge in [-0.15, -0.1) is 0 Å². The van der Waals surface area contributed by atoms with E-state index in [0.29, 0.717) is 12.2 Å². The number of rotatable bonds is 9. The molecule has 0 heterocycles. The van der Waals surface area contributed by atoms with Crippen molar-refractivity contribution in [1.29, 1.82) is 0 Å². The summed E-state index contributed by atoms with van der Waals surface area (Å²) < 4.78 is 13.3. The van der Waals surface area contributed by atoms with E-state index in [1.807, 2.05) is 0 Å². The number of unbranched alkanes of at least 4 members (excludes halogenated alkanes) is 3. The summed E-state index contributed by atoms with van der Waals surface area (Å²) in [7, 11) is 6.80. The van der Waals surface area contributed by atoms with Crippen LogP contribution >= 0.6 is 0 Å². The maximum atomic E-state index is 6.12. The van der Waals surface area contributed by atoms with Crippen LogP contribution in [-0.2, 0) is 9.47 Å². The van der Waals surface area contributed by atoms with Gasteiger partial charge in [0.2, 0.25) is 0 Å². The molecular formula is C19H40NO2+. The molecule has 0 aromatic carbocycles. The van der Waals surface area contributed by atoms with Gasteiger partial charge < -0.3 is 14.0 Å². The lowest BCUT2D eigenvalue weighted by atomic mass is 9.94. The molecule has 132 valence electrons. The molecule has 22 heavy (non-hydrogen) atoms. The minimum Gasteiger partial charge on any atom is -0.378 e. The fourth-order valence-corrected chi connectivity index (χ4v) is 3.15. The first kappa shape index (κ1) is 19.9. The maximum Gasteiger partial charge on any atom is 0.0780 e. The molecule has 0 bridgehead atoms. The third-order valence-corrected chi connectivity index (χ3v) is 4.18. The molecule has 0 aromatic rings. The van der Waals surface area contributed by atoms with Gasteiger partial charge in [-0.3, -0.25) is 0 Å². The summed E-state index contributed by atoms with van der Waals surface area (Å²) in [5, 5.41) is 0. The van der Waals surface area contributed by atoms with Gasteiger partial charge in [0.05, 0.1) is 45.5 Å². The van der Waals surface area contributed by atoms with E-state index in [4.69, 9.17) is 9.47 Å². The van der Waals surface area contributed by atoms with Crippen LogP contribution in [0.15, 0.2) is 0 Å². The highest BCUT2D eigenvalue weighted by atomic mass is 16.5. The molecule has 1 fully saturated rings. The second kappa shape index (κ2) is 9.24. The first-order chi connectivity index (χ1) is 10.2. The first-order valence-electron chi connectivity index (χ1n) is 9.26. The van der Waals surface area contributed by atoms with Crippen molar-refractivity contribution >= 4 is 0 Å². The molecule has 0 spiro atoms. The fraction of sp³-hybridized carbons (Fsp3) is 1.00. The van der Waals surface area contributed by atoms with E-state index in [-0.39, 0.29) is 5.60 Å². The summed E-state index contributed by atoms with van der Waals surface area (Å²) in [6.45, 7) is 8.64. The first-order valence-corrected chi connectivity index (χ1v) is 9.26. The molecule has 3 heteroatoms. The van der Waals surface area contributed by atoms with Crippen LogP contribution in [-0.4, -0.2) is 56.6 Å². The SMILES string of the molecule is CC(C)(C)OC1CCCC(OCCCCCC[N+](C)(C)C)C1. The van der Waals surface area contributed by atoms with Gasteiger partial charge in [0, 0.05) is 6.61 Å². The van der Waals surface area contributed by atoms with Gasteiger partial charge in [0.25, 0.3) is 0 Å². The molecule has 0 amide bonds. The van der Waals surface area contributed by atoms with Gasteiger partial charge in [-0.05, 0) is 65.7 Å². The highest BCUT2D eigenvalue weighted by Gasteiger charge is 2.26. The standard InChI is InChI=1S/C19H40NO2/c1-19(2,3)22-18-13-11-12-17(16-18)21-15-10-8-7-9-14-20(4,5)6/h17-18H,7-16H2,1-6H3/q+1. The average Bonchev–Trinajstić information content (AvgIpc) is 2.34. The summed E-state index contributed by atoms with van der Waals surface area (Å²) >= 11 is 0. The highest BCUT2D eigenvalue weighted by molar-refractivity contribution is 4.76. The average molecular weight is 315 g/mol. The van der Waals surface area contributed by atoms with Crippen LogP contribution in [0.4, 0.5) is 0 Å². The molecule has 0 N–H and O–H groups in total. The van der Waals surface area contributed by atoms with Crippen molar-refractivity contribution in [2.24, 2.45) is 0 Å². The third-order valence-electron chi connectivity index (χ3n) is 4.18. The van der Waals surface area contributed by atoms with Crippen molar-refractivity contribution in [3.05, 3.63) is 0 Å². The van der Waals surface area contributed by atoms with E-state index in [1.165, 1.54) is 51.5 Å². The molecule has 1 aliphatic rings. The molecule has 2 atom stereocenters. The zero-order valence-corrected chi connectivity index (χ0v) is 16.0. The smallest absolute Gasteiger partial charge is 0.0780 e. The largest absolute Gasteiger partial charge is 0.378 e. The minimum absolute atomic E-state index is 0.0296. The Morgan fingerprint density at radius 1 is 0.909 bits per heavy atom. The normalized spacial score (nSPS) is 23.7. The van der Waals surface area contributed by atoms with Crippen LogP contribution in [0.2, 0.25) is 0 Å². The number of nitrogens with zero attached hydrogens (tertiary/aromatic N) is 1. The molecule has 1 aliphatic carbocycles. The van der Waals surface area contributed by atoms with Crippen molar-refractivity contribution in [3.63, 3.8) is 0 Å². The zero-order valence-electron chi connectivity index (χ0n) is 16.0. The van der Waals surface area contributed by atoms with E-state index >= 15 is 0 Å². The second-order valence-corrected chi connectivity index (χ2v) is 8.94. The van der Waals surface area contributed by atoms with Crippen LogP contribution < -0.4 is 0 Å². The Morgan fingerprint density at radius 3 is 2.18 bits per heavy atom. The van der Waals surface area contributed by atoms with E-state index in [0.717, 1.165) is 17.5 Å². The van der Waals surface area contributed by atoms with E-state index in [2.05, 4.69) is 41.9 Å². The summed E-state index contributed by atoms with van der Waals surface area (Å²) in [6, 6.07) is 0. The van der Waals surface area contributed by atoms with Crippen molar-refractivity contribution in [1.82, 2.24) is 0 Å². The summed E-state index contributed by atoms with van der Waals surface area (Å²) in [5.41, 5.74) is -0.0296. The van der Waals surface area contributed by atoms with Crippen molar-refractivity contribution in [2.75, 3.05) is 34.3 Å². The van der Waals surface area contributed by atoms with Gasteiger partial charge in [0.15, 0.2) is 0 Å². The summed E-state index contributed by atoms with van der Waals surface area (Å²) in [4.78, 5) is 0. The van der Waals surface area contributed by atoms with Crippen LogP contribution in [0, 0.1) is 0 Å². The second-order valence-electron chi connectivity index (χ2n) is 8.94. The van der Waals surface area contributed by atoms with Crippen LogP contribution in [0.3, 0.4) is 0 Å². The van der Waals surface area contributed by atoms with Gasteiger partial charge in [-0.1, -0.05) is 6.42 Å². The lowest BCUT2D eigenvalue weighted by Gasteiger charge is -2.34. The molecular weight excluding hydrogens is 274 g/mol. The quantitative estimate of drug-likeness (QED) is 0.464. The van der Waals surface area contributed by atoms with Gasteiger partial charge in [0.1, 0.15) is 0 Å². The topological polar surface area (TPSA) is 18.5 Å². The number of hydrogen-bond donors (Lipinski definition) is 0. The number of quaternary nitrogens is 1. The van der Waals surface area contributed by atoms with E-state index in [9.17, 15) is 0 Å². The molecule has 3 nitrogen and oxygen atoms in total. The minimum atomic E-state index is -0.0296. The van der Waals surface area contributed by atoms with Crippen molar-refractivity contribution in [2.45, 2.75) is 89.9 Å². The van der Waals surface area contributed by atoms with Crippen molar-refractivity contribution < 1.29 is 14.0 Å². The van der Waals surface area contributed by atoms with Crippen molar-refractivity contribution in [3.8, 4) is 0 Å². The predicted octanol–water partition coefficient (Wildman–Crippen LogP) is 4.40. The van der Waals surface area contributed by atoms with Crippen LogP contribution in [0.25, 0.3) is 0 Å². The monoisotopic (exact) mass is 314 g/mol. The lowest BCUT2D eigenvalue weighted by molar-refractivity contribution is -0.870. The van der Waals surface area contributed by atoms with Crippen LogP contribution in [0.1, 0.15) is 72.1 Å². The Morgan fingerprint density at radius 2 is 1.55 bits per heavy atom. The van der Waals surface area contributed by atoms with Gasteiger partial charge in [-0.2, -0.15) is 0 Å². The highest BCUT2D eigenvalue weighted by Crippen LogP contribution is 2.27. The molecule has 0 aliphatic heterocycles. The third kappa shape index (κ3) is 10.6. The summed E-state index contributed by atoms with van der Waals surface area (Å²) in [5.74, 6) is 0. The lowest BCUT2D eigenvalue weighted by Crippen LogP contribution is -2.35. The van der Waals surface area contributed by atoms with E-state index in [1.54, 1.807) is 0 Å². The van der Waals surface area contributed by atoms with Gasteiger partial charge in [-0.25, -0.2) is 0 Å². The fourth-order valence-electron chi connectivity index (χ4n) is 3.15. The molecule has 1 rings (SSSR count). The predicted molar refractivity (Wildman–Crippen MR) is 94.2 cm³/mol. The Labute approximate surface area is 138 Å². The number of ether oxygens (including phenoxy) is 2. The Bertz CT molecular complexity index is 291. The molecule has 0 radical (unpaired) electrons. The van der Waals surface area contributed by atoms with Gasteiger partial charge >= 0.3 is 0 Å². The Kier molecular flexibility index (Phi) is 8.37. The number of hydrogen-bond acceptors (Lipinski definition) is 2. The molecule has 2 unspecified atom stereocenters.